The normalized spacial score (nSPS) is 12.1. The minimum Gasteiger partial charge on any atom is -0.324 e. The van der Waals surface area contributed by atoms with E-state index in [1.54, 1.807) is 12.1 Å². The van der Waals surface area contributed by atoms with Gasteiger partial charge in [0.2, 0.25) is 12.1 Å². The SMILES string of the molecule is CC(=O)C(N=Nc1cccc(C(=O)Nc2ccc(Cl)c(Cl)c2)c1Cl)C(=O)Nc1ccc(NC(=O)C(N=Nc2cccc(C(=O)Nc3ccc(Cl)c(Cl)c3)c2Cl)C(C)=O)cc1. The first-order valence-electron chi connectivity index (χ1n) is 17.2. The highest BCUT2D eigenvalue weighted by atomic mass is 35.5. The third-order valence-electron chi connectivity index (χ3n) is 8.05. The number of halogens is 6. The molecule has 5 rings (SSSR count). The number of benzene rings is 5. The molecule has 2 atom stereocenters. The van der Waals surface area contributed by atoms with Gasteiger partial charge in [0.1, 0.15) is 11.4 Å². The molecule has 4 amide bonds. The van der Waals surface area contributed by atoms with Gasteiger partial charge in [-0.1, -0.05) is 81.7 Å². The molecule has 0 fully saturated rings. The molecule has 0 bridgehead atoms. The number of rotatable bonds is 14. The van der Waals surface area contributed by atoms with Crippen molar-refractivity contribution in [3.8, 4) is 0 Å². The second-order valence-electron chi connectivity index (χ2n) is 12.5. The molecule has 5 aromatic carbocycles. The minimum atomic E-state index is -1.60. The average molecular weight is 929 g/mol. The summed E-state index contributed by atoms with van der Waals surface area (Å²) in [7, 11) is 0. The standard InChI is InChI=1S/C40H28Cl6N8O6/c1-19(55)35(53-51-31-7-3-5-25(33(31)45)37(57)49-23-13-15-27(41)29(43)17-23)39(59)47-21-9-11-22(12-10-21)48-40(60)36(20(2)56)54-52-32-8-4-6-26(34(32)46)38(58)50-24-14-16-28(42)30(44)18-24/h3-18,35-36H,1-2H3,(H,47,59)(H,48,60)(H,49,57)(H,50,58). The first kappa shape index (κ1) is 45.3. The molecular weight excluding hydrogens is 901 g/mol. The van der Waals surface area contributed by atoms with E-state index < -0.39 is 47.3 Å². The number of hydrogen-bond acceptors (Lipinski definition) is 10. The van der Waals surface area contributed by atoms with Gasteiger partial charge in [0, 0.05) is 22.7 Å². The number of nitrogens with one attached hydrogen (secondary N) is 4. The summed E-state index contributed by atoms with van der Waals surface area (Å²) < 4.78 is 0. The van der Waals surface area contributed by atoms with E-state index in [1.807, 2.05) is 0 Å². The molecule has 14 nitrogen and oxygen atoms in total. The van der Waals surface area contributed by atoms with Crippen LogP contribution in [0.15, 0.2) is 118 Å². The van der Waals surface area contributed by atoms with Gasteiger partial charge in [-0.25, -0.2) is 0 Å². The van der Waals surface area contributed by atoms with Crippen LogP contribution in [0.2, 0.25) is 30.1 Å². The Morgan fingerprint density at radius 3 is 1.13 bits per heavy atom. The fraction of sp³-hybridized carbons (Fsp3) is 0.100. The predicted molar refractivity (Wildman–Crippen MR) is 233 cm³/mol. The van der Waals surface area contributed by atoms with Crippen molar-refractivity contribution in [2.45, 2.75) is 25.9 Å². The van der Waals surface area contributed by atoms with Crippen molar-refractivity contribution in [1.29, 1.82) is 0 Å². The Hall–Kier alpha value is -5.74. The number of amides is 4. The third-order valence-corrected chi connectivity index (χ3v) is 10.3. The van der Waals surface area contributed by atoms with Crippen molar-refractivity contribution in [3.63, 3.8) is 0 Å². The maximum Gasteiger partial charge on any atom is 0.258 e. The van der Waals surface area contributed by atoms with Gasteiger partial charge < -0.3 is 21.3 Å². The molecule has 0 saturated carbocycles. The van der Waals surface area contributed by atoms with Crippen molar-refractivity contribution in [2.24, 2.45) is 20.5 Å². The molecule has 4 N–H and O–H groups in total. The van der Waals surface area contributed by atoms with Crippen LogP contribution in [0.3, 0.4) is 0 Å². The highest BCUT2D eigenvalue weighted by molar-refractivity contribution is 6.43. The largest absolute Gasteiger partial charge is 0.324 e. The quantitative estimate of drug-likeness (QED) is 0.0630. The topological polar surface area (TPSA) is 200 Å². The van der Waals surface area contributed by atoms with E-state index in [0.717, 1.165) is 13.8 Å². The molecular formula is C40H28Cl6N8O6. The second kappa shape index (κ2) is 20.5. The number of anilines is 4. The third kappa shape index (κ3) is 11.7. The zero-order valence-corrected chi connectivity index (χ0v) is 35.4. The van der Waals surface area contributed by atoms with Crippen LogP contribution in [0.5, 0.6) is 0 Å². The number of hydrogen-bond donors (Lipinski definition) is 4. The summed E-state index contributed by atoms with van der Waals surface area (Å²) in [6.45, 7) is 2.29. The Labute approximate surface area is 371 Å². The molecule has 306 valence electrons. The lowest BCUT2D eigenvalue weighted by molar-refractivity contribution is -0.127. The predicted octanol–water partition coefficient (Wildman–Crippen LogP) is 11.5. The van der Waals surface area contributed by atoms with Gasteiger partial charge in [-0.3, -0.25) is 28.8 Å². The van der Waals surface area contributed by atoms with Crippen molar-refractivity contribution < 1.29 is 28.8 Å². The number of Topliss-reactive ketones (excluding diaryl/α,β-unsaturated/α-hetero) is 2. The van der Waals surface area contributed by atoms with Gasteiger partial charge >= 0.3 is 0 Å². The van der Waals surface area contributed by atoms with Crippen LogP contribution in [-0.2, 0) is 19.2 Å². The molecule has 20 heteroatoms. The molecule has 0 aliphatic carbocycles. The number of ketones is 2. The lowest BCUT2D eigenvalue weighted by Crippen LogP contribution is -2.32. The van der Waals surface area contributed by atoms with Crippen molar-refractivity contribution in [2.75, 3.05) is 21.3 Å². The van der Waals surface area contributed by atoms with Gasteiger partial charge in [-0.15, -0.1) is 0 Å². The molecule has 0 aliphatic rings. The molecule has 0 aliphatic heterocycles. The fourth-order valence-corrected chi connectivity index (χ4v) is 6.12. The summed E-state index contributed by atoms with van der Waals surface area (Å²) in [5.41, 5.74) is 1.26. The van der Waals surface area contributed by atoms with Gasteiger partial charge in [0.25, 0.3) is 23.6 Å². The number of azo groups is 2. The highest BCUT2D eigenvalue weighted by Crippen LogP contribution is 2.33. The molecule has 60 heavy (non-hydrogen) atoms. The summed E-state index contributed by atoms with van der Waals surface area (Å²) in [5, 5.41) is 27.1. The van der Waals surface area contributed by atoms with Crippen LogP contribution in [0.25, 0.3) is 0 Å². The zero-order valence-electron chi connectivity index (χ0n) is 30.9. The van der Waals surface area contributed by atoms with Gasteiger partial charge in [-0.05, 0) is 98.8 Å². The lowest BCUT2D eigenvalue weighted by Gasteiger charge is -2.12. The molecule has 0 radical (unpaired) electrons. The van der Waals surface area contributed by atoms with Crippen LogP contribution in [0.4, 0.5) is 34.1 Å². The summed E-state index contributed by atoms with van der Waals surface area (Å²) >= 11 is 36.9. The Morgan fingerprint density at radius 2 is 0.800 bits per heavy atom. The van der Waals surface area contributed by atoms with E-state index >= 15 is 0 Å². The van der Waals surface area contributed by atoms with Gasteiger partial charge in [0.05, 0.1) is 41.3 Å². The van der Waals surface area contributed by atoms with Crippen LogP contribution in [0.1, 0.15) is 34.6 Å². The van der Waals surface area contributed by atoms with E-state index in [1.165, 1.54) is 84.9 Å². The molecule has 0 aromatic heterocycles. The Kier molecular flexibility index (Phi) is 15.5. The van der Waals surface area contributed by atoms with Crippen LogP contribution in [-0.4, -0.2) is 47.3 Å². The van der Waals surface area contributed by atoms with Gasteiger partial charge in [0.15, 0.2) is 11.6 Å². The van der Waals surface area contributed by atoms with E-state index in [0.29, 0.717) is 21.4 Å². The average Bonchev–Trinajstić information content (AvgIpc) is 3.19. The van der Waals surface area contributed by atoms with Crippen molar-refractivity contribution in [1.82, 2.24) is 0 Å². The summed E-state index contributed by atoms with van der Waals surface area (Å²) in [6, 6.07) is 20.3. The Morgan fingerprint density at radius 1 is 0.450 bits per heavy atom. The van der Waals surface area contributed by atoms with E-state index in [2.05, 4.69) is 41.7 Å². The van der Waals surface area contributed by atoms with Crippen molar-refractivity contribution in [3.05, 3.63) is 138 Å². The maximum atomic E-state index is 13.1. The van der Waals surface area contributed by atoms with Crippen LogP contribution >= 0.6 is 69.6 Å². The van der Waals surface area contributed by atoms with Crippen LogP contribution < -0.4 is 21.3 Å². The van der Waals surface area contributed by atoms with E-state index in [4.69, 9.17) is 69.6 Å². The molecule has 5 aromatic rings. The van der Waals surface area contributed by atoms with E-state index in [-0.39, 0.29) is 54.0 Å². The summed E-state index contributed by atoms with van der Waals surface area (Å²) in [5.74, 6) is -4.14. The summed E-state index contributed by atoms with van der Waals surface area (Å²) in [6.07, 6.45) is 0. The maximum absolute atomic E-state index is 13.1. The zero-order chi connectivity index (χ0) is 43.7. The number of nitrogens with zero attached hydrogens (tertiary/aromatic N) is 4. The number of carbonyl (C=O) groups is 6. The first-order valence-corrected chi connectivity index (χ1v) is 19.4. The lowest BCUT2D eigenvalue weighted by atomic mass is 10.1. The molecule has 2 unspecified atom stereocenters. The first-order chi connectivity index (χ1) is 28.5. The smallest absolute Gasteiger partial charge is 0.258 e. The minimum absolute atomic E-state index is 0.0151. The molecule has 0 heterocycles. The Bertz CT molecular complexity index is 2410. The molecule has 0 spiro atoms. The highest BCUT2D eigenvalue weighted by Gasteiger charge is 2.26. The second-order valence-corrected chi connectivity index (χ2v) is 14.8. The fourth-order valence-electron chi connectivity index (χ4n) is 5.02. The van der Waals surface area contributed by atoms with Crippen LogP contribution in [0, 0.1) is 0 Å². The van der Waals surface area contributed by atoms with Gasteiger partial charge in [-0.2, -0.15) is 20.5 Å². The van der Waals surface area contributed by atoms with Crippen molar-refractivity contribution >= 4 is 139 Å². The Balaban J connectivity index is 1.21. The number of carbonyl (C=O) groups excluding carboxylic acids is 6. The monoisotopic (exact) mass is 926 g/mol. The van der Waals surface area contributed by atoms with E-state index in [9.17, 15) is 28.8 Å². The molecule has 0 saturated heterocycles. The summed E-state index contributed by atoms with van der Waals surface area (Å²) in [4.78, 5) is 77.0.